The Morgan fingerprint density at radius 1 is 1.17 bits per heavy atom. The molecule has 2 amide bonds. The fourth-order valence-electron chi connectivity index (χ4n) is 3.66. The standard InChI is InChI=1S/C24H27N3O3/c1-2-30-22-10-8-19(17-25)16-21(22)26-24(29)20-12-14-27(15-13-20)23(28)11-9-18-6-4-3-5-7-18/h3-8,10,16,20H,2,9,11-15H2,1H3,(H,26,29). The molecule has 0 bridgehead atoms. The van der Waals surface area contributed by atoms with E-state index in [0.717, 1.165) is 12.0 Å². The number of anilines is 1. The number of nitrogens with zero attached hydrogens (tertiary/aromatic N) is 2. The molecule has 1 fully saturated rings. The monoisotopic (exact) mass is 405 g/mol. The predicted molar refractivity (Wildman–Crippen MR) is 115 cm³/mol. The second kappa shape index (κ2) is 10.4. The molecule has 1 N–H and O–H groups in total. The smallest absolute Gasteiger partial charge is 0.227 e. The summed E-state index contributed by atoms with van der Waals surface area (Å²) in [5, 5.41) is 12.0. The maximum absolute atomic E-state index is 12.8. The van der Waals surface area contributed by atoms with Crippen molar-refractivity contribution >= 4 is 17.5 Å². The molecular formula is C24H27N3O3. The minimum absolute atomic E-state index is 0.0950. The Hall–Kier alpha value is -3.33. The van der Waals surface area contributed by atoms with Crippen LogP contribution in [0.15, 0.2) is 48.5 Å². The lowest BCUT2D eigenvalue weighted by Gasteiger charge is -2.31. The van der Waals surface area contributed by atoms with E-state index < -0.39 is 0 Å². The number of hydrogen-bond donors (Lipinski definition) is 1. The summed E-state index contributed by atoms with van der Waals surface area (Å²) in [4.78, 5) is 27.1. The fourth-order valence-corrected chi connectivity index (χ4v) is 3.66. The Kier molecular flexibility index (Phi) is 7.45. The molecule has 0 atom stereocenters. The molecule has 1 heterocycles. The van der Waals surface area contributed by atoms with Crippen molar-refractivity contribution in [3.63, 3.8) is 0 Å². The first-order valence-electron chi connectivity index (χ1n) is 10.4. The Labute approximate surface area is 177 Å². The molecule has 6 heteroatoms. The molecule has 0 aromatic heterocycles. The fraction of sp³-hybridized carbons (Fsp3) is 0.375. The number of amides is 2. The first kappa shape index (κ1) is 21.4. The molecule has 0 unspecified atom stereocenters. The Morgan fingerprint density at radius 3 is 2.57 bits per heavy atom. The number of aryl methyl sites for hydroxylation is 1. The van der Waals surface area contributed by atoms with Crippen LogP contribution in [0.1, 0.15) is 37.3 Å². The molecule has 6 nitrogen and oxygen atoms in total. The van der Waals surface area contributed by atoms with Gasteiger partial charge < -0.3 is 15.0 Å². The molecule has 156 valence electrons. The minimum atomic E-state index is -0.164. The van der Waals surface area contributed by atoms with Crippen LogP contribution in [0, 0.1) is 17.2 Å². The highest BCUT2D eigenvalue weighted by molar-refractivity contribution is 5.94. The average molecular weight is 405 g/mol. The second-order valence-corrected chi connectivity index (χ2v) is 7.39. The van der Waals surface area contributed by atoms with Gasteiger partial charge in [-0.3, -0.25) is 9.59 Å². The molecule has 2 aromatic carbocycles. The summed E-state index contributed by atoms with van der Waals surface area (Å²) in [5.41, 5.74) is 2.14. The van der Waals surface area contributed by atoms with Gasteiger partial charge in [-0.2, -0.15) is 5.26 Å². The van der Waals surface area contributed by atoms with Crippen molar-refractivity contribution in [1.29, 1.82) is 5.26 Å². The number of carbonyl (C=O) groups excluding carboxylic acids is 2. The highest BCUT2D eigenvalue weighted by atomic mass is 16.5. The van der Waals surface area contributed by atoms with Gasteiger partial charge in [-0.25, -0.2) is 0 Å². The SMILES string of the molecule is CCOc1ccc(C#N)cc1NC(=O)C1CCN(C(=O)CCc2ccccc2)CC1. The van der Waals surface area contributed by atoms with Crippen molar-refractivity contribution in [2.24, 2.45) is 5.92 Å². The van der Waals surface area contributed by atoms with Crippen LogP contribution < -0.4 is 10.1 Å². The van der Waals surface area contributed by atoms with E-state index in [1.165, 1.54) is 0 Å². The van der Waals surface area contributed by atoms with Crippen LogP contribution in [-0.2, 0) is 16.0 Å². The Balaban J connectivity index is 1.52. The minimum Gasteiger partial charge on any atom is -0.492 e. The molecule has 2 aromatic rings. The van der Waals surface area contributed by atoms with Crippen LogP contribution in [-0.4, -0.2) is 36.4 Å². The number of ether oxygens (including phenoxy) is 1. The highest BCUT2D eigenvalue weighted by Crippen LogP contribution is 2.28. The van der Waals surface area contributed by atoms with Crippen LogP contribution >= 0.6 is 0 Å². The van der Waals surface area contributed by atoms with E-state index >= 15 is 0 Å². The lowest BCUT2D eigenvalue weighted by atomic mass is 9.95. The molecule has 0 radical (unpaired) electrons. The zero-order chi connectivity index (χ0) is 21.3. The Bertz CT molecular complexity index is 913. The third kappa shape index (κ3) is 5.60. The van der Waals surface area contributed by atoms with E-state index in [1.807, 2.05) is 42.2 Å². The van der Waals surface area contributed by atoms with Crippen molar-refractivity contribution in [2.45, 2.75) is 32.6 Å². The summed E-state index contributed by atoms with van der Waals surface area (Å²) in [6, 6.07) is 17.1. The van der Waals surface area contributed by atoms with E-state index in [4.69, 9.17) is 10.00 Å². The number of nitriles is 1. The van der Waals surface area contributed by atoms with Crippen LogP contribution in [0.2, 0.25) is 0 Å². The van der Waals surface area contributed by atoms with Gasteiger partial charge in [0.2, 0.25) is 11.8 Å². The van der Waals surface area contributed by atoms with Crippen molar-refractivity contribution in [2.75, 3.05) is 25.0 Å². The predicted octanol–water partition coefficient (Wildman–Crippen LogP) is 3.77. The quantitative estimate of drug-likeness (QED) is 0.760. The van der Waals surface area contributed by atoms with Gasteiger partial charge in [0.05, 0.1) is 23.9 Å². The van der Waals surface area contributed by atoms with E-state index in [2.05, 4.69) is 11.4 Å². The van der Waals surface area contributed by atoms with Crippen molar-refractivity contribution in [3.8, 4) is 11.8 Å². The third-order valence-electron chi connectivity index (χ3n) is 5.36. The first-order valence-corrected chi connectivity index (χ1v) is 10.4. The molecule has 1 aliphatic heterocycles. The largest absolute Gasteiger partial charge is 0.492 e. The lowest BCUT2D eigenvalue weighted by Crippen LogP contribution is -2.41. The molecule has 30 heavy (non-hydrogen) atoms. The Morgan fingerprint density at radius 2 is 1.90 bits per heavy atom. The topological polar surface area (TPSA) is 82.4 Å². The summed E-state index contributed by atoms with van der Waals surface area (Å²) < 4.78 is 5.56. The molecule has 0 aliphatic carbocycles. The van der Waals surface area contributed by atoms with Gasteiger partial charge >= 0.3 is 0 Å². The van der Waals surface area contributed by atoms with Gasteiger partial charge in [-0.1, -0.05) is 30.3 Å². The zero-order valence-corrected chi connectivity index (χ0v) is 17.3. The zero-order valence-electron chi connectivity index (χ0n) is 17.3. The summed E-state index contributed by atoms with van der Waals surface area (Å²) in [6.07, 6.45) is 2.48. The number of benzene rings is 2. The number of likely N-dealkylation sites (tertiary alicyclic amines) is 1. The molecule has 1 saturated heterocycles. The van der Waals surface area contributed by atoms with Crippen LogP contribution in [0.25, 0.3) is 0 Å². The summed E-state index contributed by atoms with van der Waals surface area (Å²) >= 11 is 0. The van der Waals surface area contributed by atoms with Gasteiger partial charge in [0.15, 0.2) is 0 Å². The first-order chi connectivity index (χ1) is 14.6. The van der Waals surface area contributed by atoms with Crippen molar-refractivity contribution < 1.29 is 14.3 Å². The number of piperidine rings is 1. The van der Waals surface area contributed by atoms with Crippen LogP contribution in [0.5, 0.6) is 5.75 Å². The average Bonchev–Trinajstić information content (AvgIpc) is 2.79. The number of carbonyl (C=O) groups is 2. The van der Waals surface area contributed by atoms with E-state index in [0.29, 0.717) is 56.0 Å². The van der Waals surface area contributed by atoms with Gasteiger partial charge in [0.25, 0.3) is 0 Å². The summed E-state index contributed by atoms with van der Waals surface area (Å²) in [5.74, 6) is 0.433. The molecule has 0 spiro atoms. The lowest BCUT2D eigenvalue weighted by molar-refractivity contribution is -0.134. The van der Waals surface area contributed by atoms with Gasteiger partial charge in [-0.05, 0) is 49.9 Å². The van der Waals surface area contributed by atoms with Crippen LogP contribution in [0.3, 0.4) is 0 Å². The van der Waals surface area contributed by atoms with E-state index in [-0.39, 0.29) is 17.7 Å². The summed E-state index contributed by atoms with van der Waals surface area (Å²) in [7, 11) is 0. The third-order valence-corrected chi connectivity index (χ3v) is 5.36. The van der Waals surface area contributed by atoms with Gasteiger partial charge in [-0.15, -0.1) is 0 Å². The van der Waals surface area contributed by atoms with Gasteiger partial charge in [0, 0.05) is 25.4 Å². The van der Waals surface area contributed by atoms with Crippen LogP contribution in [0.4, 0.5) is 5.69 Å². The maximum atomic E-state index is 12.8. The molecule has 3 rings (SSSR count). The second-order valence-electron chi connectivity index (χ2n) is 7.39. The number of rotatable bonds is 7. The highest BCUT2D eigenvalue weighted by Gasteiger charge is 2.27. The molecule has 1 aliphatic rings. The van der Waals surface area contributed by atoms with Gasteiger partial charge in [0.1, 0.15) is 5.75 Å². The van der Waals surface area contributed by atoms with Crippen molar-refractivity contribution in [3.05, 3.63) is 59.7 Å². The molecular weight excluding hydrogens is 378 g/mol. The normalized spacial score (nSPS) is 14.1. The maximum Gasteiger partial charge on any atom is 0.227 e. The molecule has 0 saturated carbocycles. The number of nitrogens with one attached hydrogen (secondary N) is 1. The van der Waals surface area contributed by atoms with E-state index in [1.54, 1.807) is 18.2 Å². The summed E-state index contributed by atoms with van der Waals surface area (Å²) in [6.45, 7) is 3.51. The van der Waals surface area contributed by atoms with Crippen molar-refractivity contribution in [1.82, 2.24) is 4.90 Å². The van der Waals surface area contributed by atoms with E-state index in [9.17, 15) is 9.59 Å². The number of hydrogen-bond acceptors (Lipinski definition) is 4.